The first-order valence-electron chi connectivity index (χ1n) is 10.9. The molecule has 0 fully saturated rings. The minimum Gasteiger partial charge on any atom is -0.494 e. The van der Waals surface area contributed by atoms with Gasteiger partial charge in [-0.15, -0.1) is 0 Å². The second kappa shape index (κ2) is 8.36. The lowest BCUT2D eigenvalue weighted by molar-refractivity contribution is 0.340. The van der Waals surface area contributed by atoms with Crippen LogP contribution in [0.5, 0.6) is 5.75 Å². The van der Waals surface area contributed by atoms with Crippen LogP contribution in [0.1, 0.15) is 36.4 Å². The van der Waals surface area contributed by atoms with E-state index in [2.05, 4.69) is 34.3 Å². The molecule has 1 aliphatic heterocycles. The third kappa shape index (κ3) is 3.86. The smallest absolute Gasteiger partial charge is 0.261 e. The van der Waals surface area contributed by atoms with Gasteiger partial charge in [-0.2, -0.15) is 0 Å². The first kappa shape index (κ1) is 20.6. The van der Waals surface area contributed by atoms with Crippen LogP contribution in [0.25, 0.3) is 0 Å². The van der Waals surface area contributed by atoms with Crippen molar-refractivity contribution in [3.8, 4) is 5.75 Å². The summed E-state index contributed by atoms with van der Waals surface area (Å²) in [6, 6.07) is 22.8. The Hall–Kier alpha value is -3.25. The van der Waals surface area contributed by atoms with Gasteiger partial charge in [0.15, 0.2) is 0 Å². The summed E-state index contributed by atoms with van der Waals surface area (Å²) < 4.78 is 34.2. The topological polar surface area (TPSA) is 67.4 Å². The van der Waals surface area contributed by atoms with Crippen LogP contribution >= 0.6 is 0 Å². The molecule has 0 bridgehead atoms. The second-order valence-electron chi connectivity index (χ2n) is 8.20. The van der Waals surface area contributed by atoms with Crippen LogP contribution in [-0.4, -0.2) is 15.0 Å². The average Bonchev–Trinajstić information content (AvgIpc) is 3.30. The Morgan fingerprint density at radius 1 is 1.03 bits per heavy atom. The molecule has 164 valence electrons. The molecular weight excluding hydrogens is 420 g/mol. The Labute approximate surface area is 189 Å². The lowest BCUT2D eigenvalue weighted by atomic mass is 9.77. The molecule has 3 unspecified atom stereocenters. The van der Waals surface area contributed by atoms with Gasteiger partial charge >= 0.3 is 0 Å². The highest BCUT2D eigenvalue weighted by Crippen LogP contribution is 2.50. The fourth-order valence-corrected chi connectivity index (χ4v) is 5.82. The van der Waals surface area contributed by atoms with Gasteiger partial charge < -0.3 is 10.1 Å². The Bertz CT molecular complexity index is 1240. The zero-order valence-electron chi connectivity index (χ0n) is 17.9. The molecule has 1 heterocycles. The molecule has 5 rings (SSSR count). The summed E-state index contributed by atoms with van der Waals surface area (Å²) in [7, 11) is -3.67. The Balaban J connectivity index is 1.45. The summed E-state index contributed by atoms with van der Waals surface area (Å²) in [5, 5.41) is 3.67. The number of rotatable bonds is 6. The molecule has 0 spiro atoms. The van der Waals surface area contributed by atoms with Gasteiger partial charge in [0.1, 0.15) is 5.75 Å². The summed E-state index contributed by atoms with van der Waals surface area (Å²) in [6.45, 7) is 2.62. The number of hydrogen-bond acceptors (Lipinski definition) is 4. The zero-order chi connectivity index (χ0) is 22.1. The predicted molar refractivity (Wildman–Crippen MR) is 128 cm³/mol. The number of ether oxygens (including phenoxy) is 1. The van der Waals surface area contributed by atoms with Crippen LogP contribution in [0, 0.1) is 5.92 Å². The van der Waals surface area contributed by atoms with E-state index < -0.39 is 10.0 Å². The Morgan fingerprint density at radius 3 is 2.56 bits per heavy atom. The van der Waals surface area contributed by atoms with Crippen LogP contribution in [-0.2, 0) is 10.0 Å². The van der Waals surface area contributed by atoms with Crippen molar-refractivity contribution in [1.82, 2.24) is 0 Å². The maximum atomic E-state index is 13.0. The predicted octanol–water partition coefficient (Wildman–Crippen LogP) is 5.71. The fraction of sp³-hybridized carbons (Fsp3) is 0.231. The van der Waals surface area contributed by atoms with Crippen molar-refractivity contribution in [1.29, 1.82) is 0 Å². The molecule has 0 saturated carbocycles. The molecule has 2 N–H and O–H groups in total. The molecule has 3 atom stereocenters. The highest BCUT2D eigenvalue weighted by atomic mass is 32.2. The van der Waals surface area contributed by atoms with Crippen molar-refractivity contribution in [3.63, 3.8) is 0 Å². The van der Waals surface area contributed by atoms with Crippen molar-refractivity contribution in [2.45, 2.75) is 30.2 Å². The van der Waals surface area contributed by atoms with E-state index in [1.807, 2.05) is 49.4 Å². The largest absolute Gasteiger partial charge is 0.494 e. The van der Waals surface area contributed by atoms with Crippen molar-refractivity contribution >= 4 is 21.4 Å². The van der Waals surface area contributed by atoms with Gasteiger partial charge in [0.2, 0.25) is 0 Å². The van der Waals surface area contributed by atoms with Crippen LogP contribution in [0.2, 0.25) is 0 Å². The first-order chi connectivity index (χ1) is 15.5. The number of anilines is 2. The van der Waals surface area contributed by atoms with Gasteiger partial charge in [-0.3, -0.25) is 4.72 Å². The molecule has 6 heteroatoms. The lowest BCUT2D eigenvalue weighted by Crippen LogP contribution is -2.29. The molecule has 3 aromatic carbocycles. The fourth-order valence-electron chi connectivity index (χ4n) is 4.73. The molecule has 0 radical (unpaired) electrons. The Kier molecular flexibility index (Phi) is 5.39. The van der Waals surface area contributed by atoms with Crippen molar-refractivity contribution in [2.75, 3.05) is 16.6 Å². The number of benzene rings is 3. The highest BCUT2D eigenvalue weighted by molar-refractivity contribution is 7.92. The summed E-state index contributed by atoms with van der Waals surface area (Å²) >= 11 is 0. The maximum Gasteiger partial charge on any atom is 0.261 e. The maximum absolute atomic E-state index is 13.0. The van der Waals surface area contributed by atoms with E-state index in [1.54, 1.807) is 18.2 Å². The molecule has 0 amide bonds. The molecule has 32 heavy (non-hydrogen) atoms. The van der Waals surface area contributed by atoms with Gasteiger partial charge in [-0.1, -0.05) is 42.5 Å². The number of fused-ring (bicyclic) bond motifs is 3. The van der Waals surface area contributed by atoms with Crippen molar-refractivity contribution in [2.24, 2.45) is 5.92 Å². The highest BCUT2D eigenvalue weighted by Gasteiger charge is 2.38. The zero-order valence-corrected chi connectivity index (χ0v) is 18.7. The van der Waals surface area contributed by atoms with Crippen LogP contribution in [0.3, 0.4) is 0 Å². The minimum absolute atomic E-state index is 0.156. The van der Waals surface area contributed by atoms with Gasteiger partial charge in [-0.25, -0.2) is 8.42 Å². The van der Waals surface area contributed by atoms with Crippen LogP contribution in [0.4, 0.5) is 11.4 Å². The number of hydrogen-bond donors (Lipinski definition) is 2. The normalized spacial score (nSPS) is 21.3. The average molecular weight is 447 g/mol. The van der Waals surface area contributed by atoms with Gasteiger partial charge in [0.05, 0.1) is 17.5 Å². The summed E-state index contributed by atoms with van der Waals surface area (Å²) in [6.07, 6.45) is 5.37. The summed E-state index contributed by atoms with van der Waals surface area (Å²) in [4.78, 5) is 0.278. The van der Waals surface area contributed by atoms with E-state index in [0.29, 0.717) is 18.2 Å². The molecule has 5 nitrogen and oxygen atoms in total. The molecule has 2 aliphatic rings. The summed E-state index contributed by atoms with van der Waals surface area (Å²) in [5.74, 6) is 1.38. The van der Waals surface area contributed by atoms with Gasteiger partial charge in [0, 0.05) is 17.3 Å². The summed E-state index contributed by atoms with van der Waals surface area (Å²) in [5.41, 5.74) is 3.77. The lowest BCUT2D eigenvalue weighted by Gasteiger charge is -2.37. The third-order valence-electron chi connectivity index (χ3n) is 6.22. The van der Waals surface area contributed by atoms with E-state index in [-0.39, 0.29) is 16.9 Å². The van der Waals surface area contributed by atoms with E-state index in [9.17, 15) is 8.42 Å². The minimum atomic E-state index is -3.67. The standard InChI is InChI=1S/C26H26N2O3S/c1-2-31-20-13-11-18(12-14-20)26-23-10-6-9-22(23)24-17-21(15-16-25(24)27-26)32(29,30)28-19-7-4-3-5-8-19/h3-9,11-17,22-23,26-28H,2,10H2,1H3. The molecule has 1 aliphatic carbocycles. The van der Waals surface area contributed by atoms with E-state index in [4.69, 9.17) is 4.74 Å². The molecule has 3 aromatic rings. The Morgan fingerprint density at radius 2 is 1.81 bits per heavy atom. The van der Waals surface area contributed by atoms with Gasteiger partial charge in [0.25, 0.3) is 10.0 Å². The molecule has 0 saturated heterocycles. The van der Waals surface area contributed by atoms with E-state index >= 15 is 0 Å². The number of allylic oxidation sites excluding steroid dienone is 2. The van der Waals surface area contributed by atoms with Crippen molar-refractivity contribution < 1.29 is 13.2 Å². The van der Waals surface area contributed by atoms with Crippen LogP contribution in [0.15, 0.2) is 89.8 Å². The second-order valence-corrected chi connectivity index (χ2v) is 9.88. The number of para-hydroxylation sites is 1. The number of sulfonamides is 1. The van der Waals surface area contributed by atoms with Crippen molar-refractivity contribution in [3.05, 3.63) is 96.1 Å². The SMILES string of the molecule is CCOc1ccc(C2Nc3ccc(S(=O)(=O)Nc4ccccc4)cc3C3C=CCC32)cc1. The first-order valence-corrected chi connectivity index (χ1v) is 12.4. The molecular formula is C26H26N2O3S. The van der Waals surface area contributed by atoms with E-state index in [0.717, 1.165) is 23.4 Å². The monoisotopic (exact) mass is 446 g/mol. The van der Waals surface area contributed by atoms with Gasteiger partial charge in [-0.05, 0) is 72.9 Å². The molecule has 0 aromatic heterocycles. The van der Waals surface area contributed by atoms with E-state index in [1.165, 1.54) is 5.56 Å². The number of nitrogens with one attached hydrogen (secondary N) is 2. The third-order valence-corrected chi connectivity index (χ3v) is 7.60. The quantitative estimate of drug-likeness (QED) is 0.476. The van der Waals surface area contributed by atoms with Crippen LogP contribution < -0.4 is 14.8 Å².